The lowest BCUT2D eigenvalue weighted by molar-refractivity contribution is 0.485. The summed E-state index contributed by atoms with van der Waals surface area (Å²) in [6.45, 7) is 1.64. The number of nitrogens with one attached hydrogen (secondary N) is 2. The summed E-state index contributed by atoms with van der Waals surface area (Å²) in [4.78, 5) is 0. The van der Waals surface area contributed by atoms with E-state index in [4.69, 9.17) is 21.0 Å². The zero-order valence-corrected chi connectivity index (χ0v) is 23.6. The molecule has 208 valence electrons. The number of unbranched alkanes of at least 4 members (excludes halogenated alkanes) is 9. The van der Waals surface area contributed by atoms with Crippen LogP contribution >= 0.6 is 0 Å². The Kier molecular flexibility index (Phi) is 9.72. The molecule has 0 radical (unpaired) electrons. The van der Waals surface area contributed by atoms with Crippen LogP contribution in [0.15, 0.2) is 72.8 Å². The predicted octanol–water partition coefficient (Wildman–Crippen LogP) is 7.07. The number of fused-ring (bicyclic) bond motifs is 3. The zero-order chi connectivity index (χ0) is 27.6. The van der Waals surface area contributed by atoms with Crippen molar-refractivity contribution in [3.05, 3.63) is 94.9 Å². The lowest BCUT2D eigenvalue weighted by atomic mass is 9.89. The van der Waals surface area contributed by atoms with E-state index in [1.165, 1.54) is 68.1 Å². The van der Waals surface area contributed by atoms with Crippen LogP contribution in [0.25, 0.3) is 22.5 Å². The summed E-state index contributed by atoms with van der Waals surface area (Å²) in [7, 11) is 0. The van der Waals surface area contributed by atoms with E-state index >= 15 is 0 Å². The maximum absolute atomic E-state index is 8.43. The molecule has 0 unspecified atom stereocenters. The molecule has 0 bridgehead atoms. The Labute approximate surface area is 237 Å². The predicted molar refractivity (Wildman–Crippen MR) is 161 cm³/mol. The first kappa shape index (κ1) is 27.8. The topological polar surface area (TPSA) is 83.3 Å². The largest absolute Gasteiger partial charge is 0.283 e. The van der Waals surface area contributed by atoms with Gasteiger partial charge in [-0.2, -0.15) is 10.2 Å². The minimum Gasteiger partial charge on any atom is -0.283 e. The van der Waals surface area contributed by atoms with Gasteiger partial charge in [0, 0.05) is 24.2 Å². The second-order valence-electron chi connectivity index (χ2n) is 11.0. The van der Waals surface area contributed by atoms with Crippen LogP contribution in [0.5, 0.6) is 0 Å². The molecule has 1 aliphatic rings. The van der Waals surface area contributed by atoms with E-state index in [1.54, 1.807) is 0 Å². The van der Waals surface area contributed by atoms with Crippen molar-refractivity contribution in [2.75, 3.05) is 0 Å². The number of nitrogens with zero attached hydrogens (tertiary/aromatic N) is 4. The normalized spacial score (nSPS) is 12.2. The quantitative estimate of drug-likeness (QED) is 0.170. The molecule has 1 aliphatic carbocycles. The van der Waals surface area contributed by atoms with Gasteiger partial charge >= 0.3 is 0 Å². The second kappa shape index (κ2) is 14.0. The lowest BCUT2D eigenvalue weighted by Gasteiger charge is -2.20. The van der Waals surface area contributed by atoms with Crippen LogP contribution in [0.1, 0.15) is 75.3 Å². The standard InChI is InChI=1S/C34H42N6/c35-32-23-22-31(28-17-10-9-11-18-28)37-39(32)24-14-7-5-3-1-2-4-6-8-15-25-40-33(36)26-29-21-20-27-16-12-13-19-30(27)34(29)38-40/h9-13,16-19,22-23,26,35-36H,1-8,14-15,20-21,24-25H2. The van der Waals surface area contributed by atoms with Gasteiger partial charge in [-0.3, -0.25) is 10.8 Å². The number of rotatable bonds is 14. The number of aryl methyl sites for hydroxylation is 4. The van der Waals surface area contributed by atoms with Gasteiger partial charge in [-0.05, 0) is 55.0 Å². The van der Waals surface area contributed by atoms with Crippen LogP contribution < -0.4 is 11.0 Å². The average Bonchev–Trinajstić information content (AvgIpc) is 2.99. The summed E-state index contributed by atoms with van der Waals surface area (Å²) in [5.74, 6) is 0. The van der Waals surface area contributed by atoms with Crippen LogP contribution in [-0.4, -0.2) is 19.6 Å². The van der Waals surface area contributed by atoms with Gasteiger partial charge in [-0.25, -0.2) is 9.36 Å². The first-order valence-electron chi connectivity index (χ1n) is 15.1. The molecule has 0 fully saturated rings. The van der Waals surface area contributed by atoms with Crippen LogP contribution in [0.3, 0.4) is 0 Å². The van der Waals surface area contributed by atoms with Gasteiger partial charge in [0.2, 0.25) is 0 Å². The van der Waals surface area contributed by atoms with E-state index in [0.717, 1.165) is 55.7 Å². The Morgan fingerprint density at radius 3 is 1.82 bits per heavy atom. The summed E-state index contributed by atoms with van der Waals surface area (Å²) >= 11 is 0. The van der Waals surface area contributed by atoms with Crippen LogP contribution in [0, 0.1) is 10.8 Å². The lowest BCUT2D eigenvalue weighted by Crippen LogP contribution is -2.25. The minimum atomic E-state index is 0.477. The van der Waals surface area contributed by atoms with Crippen molar-refractivity contribution in [3.63, 3.8) is 0 Å². The summed E-state index contributed by atoms with van der Waals surface area (Å²) < 4.78 is 3.74. The molecular formula is C34H42N6. The van der Waals surface area contributed by atoms with Crippen molar-refractivity contribution < 1.29 is 0 Å². The Morgan fingerprint density at radius 1 is 0.550 bits per heavy atom. The Morgan fingerprint density at radius 2 is 1.12 bits per heavy atom. The highest BCUT2D eigenvalue weighted by atomic mass is 15.3. The van der Waals surface area contributed by atoms with Gasteiger partial charge < -0.3 is 0 Å². The van der Waals surface area contributed by atoms with E-state index in [1.807, 2.05) is 45.8 Å². The van der Waals surface area contributed by atoms with E-state index in [9.17, 15) is 0 Å². The molecule has 2 aromatic heterocycles. The summed E-state index contributed by atoms with van der Waals surface area (Å²) in [6, 6.07) is 24.6. The molecule has 0 amide bonds. The van der Waals surface area contributed by atoms with Crippen molar-refractivity contribution >= 4 is 0 Å². The van der Waals surface area contributed by atoms with Crippen molar-refractivity contribution in [3.8, 4) is 22.5 Å². The van der Waals surface area contributed by atoms with Crippen LogP contribution in [0.2, 0.25) is 0 Å². The molecule has 0 saturated carbocycles. The molecule has 4 aromatic rings. The summed E-state index contributed by atoms with van der Waals surface area (Å²) in [5.41, 5.74) is 7.95. The van der Waals surface area contributed by atoms with Gasteiger partial charge in [0.05, 0.1) is 11.4 Å². The third-order valence-corrected chi connectivity index (χ3v) is 8.02. The molecule has 2 aromatic carbocycles. The maximum Gasteiger partial charge on any atom is 0.141 e. The Hall–Kier alpha value is -3.80. The molecule has 0 atom stereocenters. The zero-order valence-electron chi connectivity index (χ0n) is 23.6. The second-order valence-corrected chi connectivity index (χ2v) is 11.0. The third kappa shape index (κ3) is 7.23. The first-order chi connectivity index (χ1) is 19.7. The van der Waals surface area contributed by atoms with Gasteiger partial charge in [0.1, 0.15) is 11.0 Å². The maximum atomic E-state index is 8.43. The fraction of sp³-hybridized carbons (Fsp3) is 0.412. The van der Waals surface area contributed by atoms with Gasteiger partial charge in [-0.15, -0.1) is 0 Å². The number of benzene rings is 2. The molecule has 6 heteroatoms. The molecule has 0 spiro atoms. The minimum absolute atomic E-state index is 0.477. The van der Waals surface area contributed by atoms with Gasteiger partial charge in [-0.1, -0.05) is 106 Å². The van der Waals surface area contributed by atoms with Crippen molar-refractivity contribution in [2.24, 2.45) is 0 Å². The average molecular weight is 535 g/mol. The summed E-state index contributed by atoms with van der Waals surface area (Å²) in [6.07, 6.45) is 14.3. The van der Waals surface area contributed by atoms with Crippen LogP contribution in [-0.2, 0) is 25.9 Å². The van der Waals surface area contributed by atoms with E-state index in [0.29, 0.717) is 11.0 Å². The van der Waals surface area contributed by atoms with Crippen molar-refractivity contribution in [1.29, 1.82) is 10.8 Å². The van der Waals surface area contributed by atoms with E-state index in [-0.39, 0.29) is 0 Å². The monoisotopic (exact) mass is 534 g/mol. The van der Waals surface area contributed by atoms with Crippen molar-refractivity contribution in [1.82, 2.24) is 19.6 Å². The fourth-order valence-electron chi connectivity index (χ4n) is 5.71. The molecule has 0 aliphatic heterocycles. The van der Waals surface area contributed by atoms with Gasteiger partial charge in [0.25, 0.3) is 0 Å². The van der Waals surface area contributed by atoms with E-state index < -0.39 is 0 Å². The Bertz CT molecular complexity index is 1500. The molecule has 40 heavy (non-hydrogen) atoms. The number of aromatic nitrogens is 4. The smallest absolute Gasteiger partial charge is 0.141 e. The fourth-order valence-corrected chi connectivity index (χ4v) is 5.71. The third-order valence-electron chi connectivity index (χ3n) is 8.02. The summed E-state index contributed by atoms with van der Waals surface area (Å²) in [5, 5.41) is 26.2. The van der Waals surface area contributed by atoms with Crippen molar-refractivity contribution in [2.45, 2.75) is 90.1 Å². The number of hydrogen-bond acceptors (Lipinski definition) is 4. The first-order valence-corrected chi connectivity index (χ1v) is 15.1. The molecular weight excluding hydrogens is 492 g/mol. The highest BCUT2D eigenvalue weighted by Gasteiger charge is 2.18. The molecule has 0 saturated heterocycles. The molecule has 5 rings (SSSR count). The Balaban J connectivity index is 0.938. The molecule has 6 nitrogen and oxygen atoms in total. The highest BCUT2D eigenvalue weighted by Crippen LogP contribution is 2.30. The number of hydrogen-bond donors (Lipinski definition) is 2. The van der Waals surface area contributed by atoms with Crippen LogP contribution in [0.4, 0.5) is 0 Å². The molecule has 2 N–H and O–H groups in total. The highest BCUT2D eigenvalue weighted by molar-refractivity contribution is 5.68. The van der Waals surface area contributed by atoms with E-state index in [2.05, 4.69) is 36.4 Å². The SMILES string of the molecule is N=c1ccc(-c2ccccc2)nn1CCCCCCCCCCCCn1nc2c(cc1=N)CCc1ccccc1-2. The molecule has 2 heterocycles. The van der Waals surface area contributed by atoms with Gasteiger partial charge in [0.15, 0.2) is 0 Å².